The van der Waals surface area contributed by atoms with Gasteiger partial charge < -0.3 is 4.74 Å². The molecule has 2 rings (SSSR count). The Kier molecular flexibility index (Phi) is 3.98. The zero-order valence-corrected chi connectivity index (χ0v) is 10.8. The number of hydrogen-bond donors (Lipinski definition) is 0. The van der Waals surface area contributed by atoms with Gasteiger partial charge in [0, 0.05) is 0 Å². The number of carbonyl (C=O) groups is 1. The van der Waals surface area contributed by atoms with Crippen molar-refractivity contribution in [1.29, 1.82) is 0 Å². The molecule has 94 valence electrons. The van der Waals surface area contributed by atoms with E-state index >= 15 is 0 Å². The van der Waals surface area contributed by atoms with Gasteiger partial charge in [-0.2, -0.15) is 0 Å². The largest absolute Gasteiger partial charge is 0.466 e. The van der Waals surface area contributed by atoms with Crippen molar-refractivity contribution in [2.75, 3.05) is 6.61 Å². The van der Waals surface area contributed by atoms with Gasteiger partial charge in [-0.1, -0.05) is 48.1 Å². The van der Waals surface area contributed by atoms with Crippen molar-refractivity contribution in [1.82, 2.24) is 0 Å². The molecule has 0 aromatic heterocycles. The third-order valence-corrected chi connectivity index (χ3v) is 3.12. The van der Waals surface area contributed by atoms with Crippen LogP contribution in [0.3, 0.4) is 0 Å². The summed E-state index contributed by atoms with van der Waals surface area (Å²) in [6, 6.07) is 8.26. The van der Waals surface area contributed by atoms with Crippen LogP contribution in [-0.2, 0) is 9.53 Å². The van der Waals surface area contributed by atoms with Gasteiger partial charge in [-0.3, -0.25) is 4.79 Å². The summed E-state index contributed by atoms with van der Waals surface area (Å²) in [4.78, 5) is 12.0. The molecule has 2 nitrogen and oxygen atoms in total. The van der Waals surface area contributed by atoms with Crippen LogP contribution >= 0.6 is 0 Å². The van der Waals surface area contributed by atoms with Crippen LogP contribution in [-0.4, -0.2) is 12.6 Å². The highest BCUT2D eigenvalue weighted by Gasteiger charge is 2.25. The molecule has 0 saturated carbocycles. The first kappa shape index (κ1) is 12.6. The number of carbonyl (C=O) groups excluding carboxylic acids is 1. The van der Waals surface area contributed by atoms with Gasteiger partial charge in [-0.15, -0.1) is 0 Å². The molecule has 0 heterocycles. The molecule has 1 aromatic carbocycles. The minimum absolute atomic E-state index is 0.131. The van der Waals surface area contributed by atoms with Gasteiger partial charge in [0.15, 0.2) is 0 Å². The minimum atomic E-state index is -0.169. The molecular weight excluding hydrogens is 224 g/mol. The molecule has 0 bridgehead atoms. The van der Waals surface area contributed by atoms with E-state index in [1.165, 1.54) is 5.56 Å². The lowest BCUT2D eigenvalue weighted by atomic mass is 9.86. The highest BCUT2D eigenvalue weighted by molar-refractivity contribution is 5.89. The Bertz CT molecular complexity index is 480. The van der Waals surface area contributed by atoms with Crippen molar-refractivity contribution in [3.8, 4) is 0 Å². The topological polar surface area (TPSA) is 26.3 Å². The highest BCUT2D eigenvalue weighted by Crippen LogP contribution is 2.30. The fraction of sp³-hybridized carbons (Fsp3) is 0.312. The van der Waals surface area contributed by atoms with Crippen molar-refractivity contribution in [2.24, 2.45) is 5.92 Å². The Hall–Kier alpha value is -1.83. The Morgan fingerprint density at radius 3 is 2.72 bits per heavy atom. The fourth-order valence-corrected chi connectivity index (χ4v) is 2.14. The van der Waals surface area contributed by atoms with Crippen molar-refractivity contribution in [2.45, 2.75) is 20.3 Å². The lowest BCUT2D eigenvalue weighted by Gasteiger charge is -2.20. The number of allylic oxidation sites excluding steroid dienone is 3. The van der Waals surface area contributed by atoms with Crippen molar-refractivity contribution < 1.29 is 9.53 Å². The molecule has 1 aliphatic rings. The van der Waals surface area contributed by atoms with Gasteiger partial charge in [-0.05, 0) is 31.4 Å². The second-order valence-corrected chi connectivity index (χ2v) is 4.46. The van der Waals surface area contributed by atoms with E-state index in [4.69, 9.17) is 4.74 Å². The highest BCUT2D eigenvalue weighted by atomic mass is 16.5. The van der Waals surface area contributed by atoms with Gasteiger partial charge in [0.25, 0.3) is 0 Å². The van der Waals surface area contributed by atoms with E-state index in [0.29, 0.717) is 6.61 Å². The molecule has 0 fully saturated rings. The van der Waals surface area contributed by atoms with Gasteiger partial charge in [-0.25, -0.2) is 0 Å². The third kappa shape index (κ3) is 2.70. The standard InChI is InChI=1S/C16H18O2/c1-3-18-16(17)15-7-5-4-6-14(15)13-10-8-12(2)9-11-13/h4-6,8-11,15H,3,7H2,1-2H3. The van der Waals surface area contributed by atoms with E-state index in [1.807, 2.05) is 25.2 Å². The molecule has 18 heavy (non-hydrogen) atoms. The van der Waals surface area contributed by atoms with Crippen LogP contribution in [0, 0.1) is 12.8 Å². The summed E-state index contributed by atoms with van der Waals surface area (Å²) in [6.07, 6.45) is 6.75. The number of aryl methyl sites for hydroxylation is 1. The Morgan fingerprint density at radius 1 is 1.33 bits per heavy atom. The van der Waals surface area contributed by atoms with Crippen LogP contribution in [0.15, 0.2) is 42.5 Å². The predicted molar refractivity (Wildman–Crippen MR) is 73.0 cm³/mol. The maximum atomic E-state index is 12.0. The summed E-state index contributed by atoms with van der Waals surface area (Å²) < 4.78 is 5.14. The second kappa shape index (κ2) is 5.67. The van der Waals surface area contributed by atoms with Crippen molar-refractivity contribution >= 4 is 11.5 Å². The number of ether oxygens (including phenoxy) is 1. The monoisotopic (exact) mass is 242 g/mol. The van der Waals surface area contributed by atoms with Crippen molar-refractivity contribution in [3.05, 3.63) is 53.6 Å². The Morgan fingerprint density at radius 2 is 2.06 bits per heavy atom. The van der Waals surface area contributed by atoms with Gasteiger partial charge in [0.2, 0.25) is 0 Å². The van der Waals surface area contributed by atoms with Crippen LogP contribution in [0.4, 0.5) is 0 Å². The first-order valence-electron chi connectivity index (χ1n) is 6.32. The average molecular weight is 242 g/mol. The molecule has 0 radical (unpaired) electrons. The van der Waals surface area contributed by atoms with E-state index in [0.717, 1.165) is 17.6 Å². The average Bonchev–Trinajstić information content (AvgIpc) is 2.40. The van der Waals surface area contributed by atoms with Crippen molar-refractivity contribution in [3.63, 3.8) is 0 Å². The van der Waals surface area contributed by atoms with Gasteiger partial charge in [0.1, 0.15) is 0 Å². The van der Waals surface area contributed by atoms with E-state index < -0.39 is 0 Å². The number of benzene rings is 1. The number of esters is 1. The maximum Gasteiger partial charge on any atom is 0.313 e. The lowest BCUT2D eigenvalue weighted by molar-refractivity contribution is -0.145. The molecule has 1 atom stereocenters. The minimum Gasteiger partial charge on any atom is -0.466 e. The maximum absolute atomic E-state index is 12.0. The molecular formula is C16H18O2. The first-order valence-corrected chi connectivity index (χ1v) is 6.32. The second-order valence-electron chi connectivity index (χ2n) is 4.46. The molecule has 2 heteroatoms. The smallest absolute Gasteiger partial charge is 0.313 e. The molecule has 0 saturated heterocycles. The Balaban J connectivity index is 2.27. The van der Waals surface area contributed by atoms with Crippen LogP contribution in [0.25, 0.3) is 5.57 Å². The molecule has 0 spiro atoms. The van der Waals surface area contributed by atoms with E-state index in [1.54, 1.807) is 0 Å². The number of rotatable bonds is 3. The summed E-state index contributed by atoms with van der Waals surface area (Å²) in [7, 11) is 0. The Labute approximate surface area is 108 Å². The normalized spacial score (nSPS) is 18.3. The molecule has 0 N–H and O–H groups in total. The fourth-order valence-electron chi connectivity index (χ4n) is 2.14. The molecule has 0 amide bonds. The zero-order chi connectivity index (χ0) is 13.0. The lowest BCUT2D eigenvalue weighted by Crippen LogP contribution is -2.20. The molecule has 1 aliphatic carbocycles. The first-order chi connectivity index (χ1) is 8.72. The summed E-state index contributed by atoms with van der Waals surface area (Å²) in [6.45, 7) is 4.33. The third-order valence-electron chi connectivity index (χ3n) is 3.12. The summed E-state index contributed by atoms with van der Waals surface area (Å²) in [5.41, 5.74) is 3.37. The number of hydrogen-bond acceptors (Lipinski definition) is 2. The van der Waals surface area contributed by atoms with E-state index in [2.05, 4.69) is 31.2 Å². The van der Waals surface area contributed by atoms with Crippen LogP contribution in [0.1, 0.15) is 24.5 Å². The van der Waals surface area contributed by atoms with Crippen LogP contribution < -0.4 is 0 Å². The molecule has 0 aliphatic heterocycles. The van der Waals surface area contributed by atoms with Crippen LogP contribution in [0.2, 0.25) is 0 Å². The van der Waals surface area contributed by atoms with Gasteiger partial charge in [0.05, 0.1) is 12.5 Å². The zero-order valence-electron chi connectivity index (χ0n) is 10.8. The molecule has 1 aromatic rings. The summed E-state index contributed by atoms with van der Waals surface area (Å²) in [5, 5.41) is 0. The predicted octanol–water partition coefficient (Wildman–Crippen LogP) is 3.52. The van der Waals surface area contributed by atoms with Crippen LogP contribution in [0.5, 0.6) is 0 Å². The van der Waals surface area contributed by atoms with Gasteiger partial charge >= 0.3 is 5.97 Å². The van der Waals surface area contributed by atoms with E-state index in [9.17, 15) is 4.79 Å². The quantitative estimate of drug-likeness (QED) is 0.758. The SMILES string of the molecule is CCOC(=O)C1CC=CC=C1c1ccc(C)cc1. The summed E-state index contributed by atoms with van der Waals surface area (Å²) >= 11 is 0. The summed E-state index contributed by atoms with van der Waals surface area (Å²) in [5.74, 6) is -0.300. The van der Waals surface area contributed by atoms with E-state index in [-0.39, 0.29) is 11.9 Å². The molecule has 1 unspecified atom stereocenters.